The van der Waals surface area contributed by atoms with Crippen LogP contribution in [0.1, 0.15) is 53.4 Å². The minimum atomic E-state index is 0.807. The molecule has 2 aliphatic rings. The van der Waals surface area contributed by atoms with E-state index >= 15 is 0 Å². The molecule has 2 fully saturated rings. The zero-order valence-electron chi connectivity index (χ0n) is 9.64. The summed E-state index contributed by atoms with van der Waals surface area (Å²) in [5.74, 6) is 4.34. The summed E-state index contributed by atoms with van der Waals surface area (Å²) < 4.78 is 0. The van der Waals surface area contributed by atoms with Gasteiger partial charge in [-0.1, -0.05) is 47.0 Å². The Bertz CT molecular complexity index is 184. The van der Waals surface area contributed by atoms with Gasteiger partial charge in [0.25, 0.3) is 0 Å². The fraction of sp³-hybridized carbons (Fsp3) is 1.00. The molecule has 0 N–H and O–H groups in total. The summed E-state index contributed by atoms with van der Waals surface area (Å²) in [7, 11) is 0. The van der Waals surface area contributed by atoms with E-state index in [9.17, 15) is 0 Å². The van der Waals surface area contributed by atoms with Crippen molar-refractivity contribution in [1.82, 2.24) is 0 Å². The van der Waals surface area contributed by atoms with E-state index in [1.54, 1.807) is 0 Å². The molecule has 76 valence electrons. The van der Waals surface area contributed by atoms with Crippen molar-refractivity contribution < 1.29 is 0 Å². The number of fused-ring (bicyclic) bond motifs is 1. The summed E-state index contributed by atoms with van der Waals surface area (Å²) in [6.07, 6.45) is 5.78. The summed E-state index contributed by atoms with van der Waals surface area (Å²) >= 11 is 0. The summed E-state index contributed by atoms with van der Waals surface area (Å²) in [6.45, 7) is 9.66. The number of hydrogen-bond acceptors (Lipinski definition) is 0. The summed E-state index contributed by atoms with van der Waals surface area (Å²) in [4.78, 5) is 0. The van der Waals surface area contributed by atoms with Gasteiger partial charge in [-0.15, -0.1) is 0 Å². The highest BCUT2D eigenvalue weighted by Crippen LogP contribution is 2.82. The van der Waals surface area contributed by atoms with Gasteiger partial charge in [0.1, 0.15) is 0 Å². The molecular weight excluding hydrogens is 156 g/mol. The van der Waals surface area contributed by atoms with Gasteiger partial charge in [-0.2, -0.15) is 0 Å². The Kier molecular flexibility index (Phi) is 2.20. The predicted octanol–water partition coefficient (Wildman–Crippen LogP) is 4.10. The number of hydrogen-bond donors (Lipinski definition) is 0. The standard InChI is InChI=1S/C13H24/c1-5-6-9(2)7-8-13(4)11-10(3)12(11)13/h9-12H,5-8H2,1-4H3. The van der Waals surface area contributed by atoms with E-state index in [0.29, 0.717) is 0 Å². The molecule has 3 atom stereocenters. The quantitative estimate of drug-likeness (QED) is 0.597. The second-order valence-electron chi connectivity index (χ2n) is 5.85. The van der Waals surface area contributed by atoms with Gasteiger partial charge in [0.15, 0.2) is 0 Å². The fourth-order valence-corrected chi connectivity index (χ4v) is 3.71. The van der Waals surface area contributed by atoms with Crippen LogP contribution in [0.3, 0.4) is 0 Å². The second kappa shape index (κ2) is 3.00. The number of rotatable bonds is 5. The lowest BCUT2D eigenvalue weighted by molar-refractivity contribution is 0.284. The van der Waals surface area contributed by atoms with Crippen LogP contribution in [0.25, 0.3) is 0 Å². The van der Waals surface area contributed by atoms with Crippen LogP contribution in [-0.2, 0) is 0 Å². The van der Waals surface area contributed by atoms with Gasteiger partial charge in [0.05, 0.1) is 0 Å². The van der Waals surface area contributed by atoms with Crippen LogP contribution >= 0.6 is 0 Å². The van der Waals surface area contributed by atoms with Crippen LogP contribution in [0.4, 0.5) is 0 Å². The highest BCUT2D eigenvalue weighted by molar-refractivity contribution is 5.25. The maximum absolute atomic E-state index is 2.51. The molecule has 2 saturated carbocycles. The van der Waals surface area contributed by atoms with Gasteiger partial charge in [0, 0.05) is 0 Å². The lowest BCUT2D eigenvalue weighted by Crippen LogP contribution is -2.12. The Morgan fingerprint density at radius 2 is 1.85 bits per heavy atom. The van der Waals surface area contributed by atoms with Crippen LogP contribution in [0.5, 0.6) is 0 Å². The first kappa shape index (κ1) is 9.55. The van der Waals surface area contributed by atoms with Crippen LogP contribution in [0.15, 0.2) is 0 Å². The van der Waals surface area contributed by atoms with Gasteiger partial charge in [-0.25, -0.2) is 0 Å². The summed E-state index contributed by atoms with van der Waals surface area (Å²) in [5.41, 5.74) is 0.807. The molecule has 0 radical (unpaired) electrons. The van der Waals surface area contributed by atoms with Crippen molar-refractivity contribution >= 4 is 0 Å². The average molecular weight is 180 g/mol. The van der Waals surface area contributed by atoms with E-state index in [1.807, 2.05) is 0 Å². The van der Waals surface area contributed by atoms with Gasteiger partial charge in [0.2, 0.25) is 0 Å². The van der Waals surface area contributed by atoms with Crippen molar-refractivity contribution in [3.05, 3.63) is 0 Å². The van der Waals surface area contributed by atoms with Crippen LogP contribution in [-0.4, -0.2) is 0 Å². The normalized spacial score (nSPS) is 48.5. The molecule has 0 amide bonds. The summed E-state index contributed by atoms with van der Waals surface area (Å²) in [6, 6.07) is 0. The maximum Gasteiger partial charge on any atom is -0.0258 e. The molecule has 0 aliphatic heterocycles. The van der Waals surface area contributed by atoms with E-state index in [4.69, 9.17) is 0 Å². The van der Waals surface area contributed by atoms with Crippen LogP contribution in [0, 0.1) is 29.1 Å². The highest BCUT2D eigenvalue weighted by Gasteiger charge is 2.77. The van der Waals surface area contributed by atoms with Gasteiger partial charge >= 0.3 is 0 Å². The van der Waals surface area contributed by atoms with E-state index < -0.39 is 0 Å². The monoisotopic (exact) mass is 180 g/mol. The van der Waals surface area contributed by atoms with Crippen molar-refractivity contribution in [2.24, 2.45) is 29.1 Å². The van der Waals surface area contributed by atoms with E-state index in [0.717, 1.165) is 29.1 Å². The lowest BCUT2D eigenvalue weighted by atomic mass is 9.84. The third-order valence-electron chi connectivity index (χ3n) is 4.75. The van der Waals surface area contributed by atoms with Crippen LogP contribution in [0.2, 0.25) is 0 Å². The van der Waals surface area contributed by atoms with Gasteiger partial charge in [-0.05, 0) is 35.5 Å². The fourth-order valence-electron chi connectivity index (χ4n) is 3.71. The molecule has 0 aromatic rings. The van der Waals surface area contributed by atoms with Crippen molar-refractivity contribution in [3.8, 4) is 0 Å². The molecule has 0 aromatic heterocycles. The first-order valence-corrected chi connectivity index (χ1v) is 6.11. The predicted molar refractivity (Wildman–Crippen MR) is 57.6 cm³/mol. The first-order valence-electron chi connectivity index (χ1n) is 6.11. The third-order valence-corrected chi connectivity index (χ3v) is 4.75. The van der Waals surface area contributed by atoms with Gasteiger partial charge < -0.3 is 0 Å². The molecule has 0 heteroatoms. The summed E-state index contributed by atoms with van der Waals surface area (Å²) in [5, 5.41) is 0. The smallest absolute Gasteiger partial charge is 0.0258 e. The van der Waals surface area contributed by atoms with Crippen molar-refractivity contribution in [2.45, 2.75) is 53.4 Å². The Morgan fingerprint density at radius 1 is 1.23 bits per heavy atom. The SMILES string of the molecule is CCCC(C)CCC1(C)C2C(C)C21. The van der Waals surface area contributed by atoms with E-state index in [2.05, 4.69) is 27.7 Å². The molecule has 0 nitrogen and oxygen atoms in total. The Labute approximate surface area is 83.1 Å². The molecule has 0 spiro atoms. The zero-order chi connectivity index (χ0) is 9.64. The molecule has 0 saturated heterocycles. The zero-order valence-corrected chi connectivity index (χ0v) is 9.64. The molecule has 0 aromatic carbocycles. The molecule has 2 aliphatic carbocycles. The van der Waals surface area contributed by atoms with Crippen molar-refractivity contribution in [2.75, 3.05) is 0 Å². The lowest BCUT2D eigenvalue weighted by Gasteiger charge is -2.21. The second-order valence-corrected chi connectivity index (χ2v) is 5.85. The maximum atomic E-state index is 2.51. The molecule has 3 unspecified atom stereocenters. The van der Waals surface area contributed by atoms with Gasteiger partial charge in [-0.3, -0.25) is 0 Å². The van der Waals surface area contributed by atoms with Crippen LogP contribution < -0.4 is 0 Å². The molecule has 2 rings (SSSR count). The van der Waals surface area contributed by atoms with Crippen molar-refractivity contribution in [3.63, 3.8) is 0 Å². The minimum Gasteiger partial charge on any atom is -0.0654 e. The average Bonchev–Trinajstić information content (AvgIpc) is 2.92. The molecule has 13 heavy (non-hydrogen) atoms. The van der Waals surface area contributed by atoms with E-state index in [-0.39, 0.29) is 0 Å². The minimum absolute atomic E-state index is 0.807. The topological polar surface area (TPSA) is 0 Å². The largest absolute Gasteiger partial charge is 0.0654 e. The highest BCUT2D eigenvalue weighted by atomic mass is 14.8. The first-order chi connectivity index (χ1) is 6.11. The Hall–Kier alpha value is 0. The third kappa shape index (κ3) is 1.43. The molecule has 0 bridgehead atoms. The Balaban J connectivity index is 1.64. The Morgan fingerprint density at radius 3 is 2.31 bits per heavy atom. The molecular formula is C13H24. The van der Waals surface area contributed by atoms with E-state index in [1.165, 1.54) is 25.7 Å². The van der Waals surface area contributed by atoms with Crippen molar-refractivity contribution in [1.29, 1.82) is 0 Å². The molecule has 0 heterocycles.